The van der Waals surface area contributed by atoms with Gasteiger partial charge in [-0.1, -0.05) is 18.2 Å². The summed E-state index contributed by atoms with van der Waals surface area (Å²) in [5.74, 6) is -3.17. The number of carbonyl (C=O) groups is 4. The van der Waals surface area contributed by atoms with Gasteiger partial charge in [-0.3, -0.25) is 40.9 Å². The van der Waals surface area contributed by atoms with Crippen molar-refractivity contribution in [2.24, 2.45) is 31.9 Å². The maximum Gasteiger partial charge on any atom is 1.00 e. The molecule has 0 heterocycles. The second-order valence-corrected chi connectivity index (χ2v) is 19.9. The molecule has 75 heavy (non-hydrogen) atoms. The number of aryl methyl sites for hydroxylation is 2. The Morgan fingerprint density at radius 3 is 1.35 bits per heavy atom. The van der Waals surface area contributed by atoms with Gasteiger partial charge in [0, 0.05) is 34.7 Å². The van der Waals surface area contributed by atoms with Crippen LogP contribution in [0.25, 0.3) is 23.3 Å². The fourth-order valence-electron chi connectivity index (χ4n) is 7.31. The molecule has 366 valence electrons. The maximum atomic E-state index is 13.9. The van der Waals surface area contributed by atoms with Crippen LogP contribution in [0.1, 0.15) is 43.0 Å². The van der Waals surface area contributed by atoms with Crippen LogP contribution in [0.5, 0.6) is 0 Å². The summed E-state index contributed by atoms with van der Waals surface area (Å²) in [7, 11) is -16.0. The number of hydrogen-bond acceptors (Lipinski definition) is 23. The summed E-state index contributed by atoms with van der Waals surface area (Å²) in [6.45, 7) is 3.33. The first kappa shape index (κ1) is 60.1. The number of benzene rings is 4. The number of hydrogen-bond donors (Lipinski definition) is 6. The molecule has 0 aliphatic heterocycles. The Labute approximate surface area is 494 Å². The monoisotopic (exact) mass is 1100 g/mol. The van der Waals surface area contributed by atoms with Crippen molar-refractivity contribution in [3.8, 4) is 11.1 Å². The zero-order valence-corrected chi connectivity index (χ0v) is 48.4. The number of ketones is 4. The number of Topliss-reactive ketones (excluding diaryl/α,β-unsaturated/α-hetero) is 2. The third kappa shape index (κ3) is 13.4. The molecule has 0 radical (unpaired) electrons. The van der Waals surface area contributed by atoms with Gasteiger partial charge >= 0.3 is 88.7 Å². The van der Waals surface area contributed by atoms with Crippen LogP contribution in [0.15, 0.2) is 150 Å². The van der Waals surface area contributed by atoms with Crippen LogP contribution in [0, 0.1) is 13.8 Å². The van der Waals surface area contributed by atoms with E-state index in [0.717, 1.165) is 18.2 Å². The summed E-state index contributed by atoms with van der Waals surface area (Å²) < 4.78 is 111. The Balaban J connectivity index is 0.00000347. The molecular formula is C46H33N10Na3O13S3. The molecule has 0 bridgehead atoms. The molecule has 29 heteroatoms. The smallest absolute Gasteiger partial charge is 0.744 e. The molecular weight excluding hydrogens is 1070 g/mol. The number of fused-ring (bicyclic) bond motifs is 2. The van der Waals surface area contributed by atoms with Crippen LogP contribution in [-0.2, 0) is 39.9 Å². The van der Waals surface area contributed by atoms with Crippen LogP contribution in [0.3, 0.4) is 0 Å². The molecule has 4 aliphatic rings. The molecule has 0 amide bonds. The van der Waals surface area contributed by atoms with E-state index in [1.54, 1.807) is 44.2 Å². The second-order valence-electron chi connectivity index (χ2n) is 15.9. The van der Waals surface area contributed by atoms with Gasteiger partial charge in [-0.15, -0.1) is 0 Å². The third-order valence-electron chi connectivity index (χ3n) is 10.9. The number of allylic oxidation sites excluding steroid dienone is 8. The van der Waals surface area contributed by atoms with Crippen molar-refractivity contribution >= 4 is 111 Å². The zero-order chi connectivity index (χ0) is 52.0. The van der Waals surface area contributed by atoms with Crippen LogP contribution in [0.2, 0.25) is 0 Å². The molecule has 8 rings (SSSR count). The number of anilines is 4. The largest absolute Gasteiger partial charge is 1.00 e. The predicted molar refractivity (Wildman–Crippen MR) is 263 cm³/mol. The molecule has 0 atom stereocenters. The summed E-state index contributed by atoms with van der Waals surface area (Å²) in [4.78, 5) is 49.1. The van der Waals surface area contributed by atoms with E-state index >= 15 is 0 Å². The van der Waals surface area contributed by atoms with Crippen LogP contribution in [0.4, 0.5) is 22.7 Å². The molecule has 8 N–H and O–H groups in total. The van der Waals surface area contributed by atoms with E-state index in [2.05, 4.69) is 42.1 Å². The Bertz CT molecular complexity index is 3860. The first-order valence-corrected chi connectivity index (χ1v) is 24.8. The number of hydrazone groups is 4. The molecule has 4 aromatic rings. The molecule has 0 saturated heterocycles. The van der Waals surface area contributed by atoms with Crippen molar-refractivity contribution in [1.29, 1.82) is 0 Å². The van der Waals surface area contributed by atoms with E-state index in [-0.39, 0.29) is 140 Å². The molecule has 23 nitrogen and oxygen atoms in total. The van der Waals surface area contributed by atoms with Gasteiger partial charge in [0.25, 0.3) is 0 Å². The summed E-state index contributed by atoms with van der Waals surface area (Å²) in [6, 6.07) is 15.6. The first-order valence-electron chi connectivity index (χ1n) is 20.5. The summed E-state index contributed by atoms with van der Waals surface area (Å²) in [5.41, 5.74) is 22.0. The normalized spacial score (nSPS) is 17.4. The molecule has 0 saturated carbocycles. The van der Waals surface area contributed by atoms with E-state index in [4.69, 9.17) is 11.5 Å². The third-order valence-corrected chi connectivity index (χ3v) is 13.5. The molecule has 0 unspecified atom stereocenters. The SMILES string of the molecule is Cc1cc(-c2ccc(N/N=C3\C(=O)c4cc(N/N=C5\C=CC(N)=CC5=O)ccc4C=C3S(=O)(=O)[O-])c(C)c2)ccc1N/N=C1/C(=O)c2cc(N/N=C3/C=CC(N)=CC3=O)c(S(=O)(=O)[O-])cc2C=C1S(=O)(=O)[O-].[Na+].[Na+].[Na+]. The summed E-state index contributed by atoms with van der Waals surface area (Å²) in [6.07, 6.45) is 9.37. The van der Waals surface area contributed by atoms with Crippen LogP contribution in [-0.4, -0.2) is 84.9 Å². The maximum absolute atomic E-state index is 13.9. The van der Waals surface area contributed by atoms with Gasteiger partial charge in [0.1, 0.15) is 53.2 Å². The summed E-state index contributed by atoms with van der Waals surface area (Å²) in [5, 5.41) is 15.9. The van der Waals surface area contributed by atoms with E-state index in [1.165, 1.54) is 54.6 Å². The van der Waals surface area contributed by atoms with Gasteiger partial charge in [0.05, 0.1) is 37.5 Å². The van der Waals surface area contributed by atoms with Gasteiger partial charge in [-0.25, -0.2) is 25.3 Å². The molecule has 0 fully saturated rings. The van der Waals surface area contributed by atoms with E-state index in [1.807, 2.05) is 0 Å². The predicted octanol–water partition coefficient (Wildman–Crippen LogP) is -5.51. The van der Waals surface area contributed by atoms with E-state index in [9.17, 15) is 58.1 Å². The van der Waals surface area contributed by atoms with Crippen LogP contribution < -0.4 is 122 Å². The Morgan fingerprint density at radius 2 is 0.907 bits per heavy atom. The Hall–Kier alpha value is -5.79. The van der Waals surface area contributed by atoms with Crippen molar-refractivity contribution in [1.82, 2.24) is 0 Å². The molecule has 4 aliphatic carbocycles. The van der Waals surface area contributed by atoms with Gasteiger partial charge in [-0.2, -0.15) is 20.4 Å². The molecule has 4 aromatic carbocycles. The van der Waals surface area contributed by atoms with Crippen molar-refractivity contribution in [3.63, 3.8) is 0 Å². The second kappa shape index (κ2) is 23.6. The van der Waals surface area contributed by atoms with Gasteiger partial charge in [0.15, 0.2) is 0 Å². The Kier molecular flexibility index (Phi) is 18.9. The van der Waals surface area contributed by atoms with Crippen molar-refractivity contribution in [3.05, 3.63) is 158 Å². The number of nitrogens with two attached hydrogens (primary N) is 2. The van der Waals surface area contributed by atoms with Gasteiger partial charge in [0.2, 0.25) is 23.1 Å². The van der Waals surface area contributed by atoms with E-state index in [0.29, 0.717) is 40.1 Å². The minimum atomic E-state index is -5.45. The van der Waals surface area contributed by atoms with E-state index < -0.39 is 90.9 Å². The standard InChI is InChI=1S/C46H36N10O13S3.3Na/c1-22-13-24(4-9-33(22)50-55-43-41(71(64,65)66)15-26-3-8-30(20-31(26)45(43)59)49-52-35-11-6-28(47)18-38(35)57)25-5-10-34(23(2)14-25)51-56-44-42(72(67,68)69)17-27-16-40(70(61,62)63)37(21-32(27)46(44)60)54-53-36-12-7-29(48)19-39(36)58;;;/h3-21,49-51,54H,47-48H2,1-2H3,(H,61,62,63)(H,64,65,66)(H,67,68,69);;;/q;3*+1/p-3/b52-35+,53-36-,55-43-,56-44+;;;. The molecule has 0 aromatic heterocycles. The minimum absolute atomic E-state index is 0. The fourth-order valence-corrected chi connectivity index (χ4v) is 9.24. The quantitative estimate of drug-likeness (QED) is 0.0333. The van der Waals surface area contributed by atoms with Crippen molar-refractivity contribution in [2.45, 2.75) is 18.7 Å². The summed E-state index contributed by atoms with van der Waals surface area (Å²) >= 11 is 0. The van der Waals surface area contributed by atoms with Gasteiger partial charge in [-0.05, 0) is 132 Å². The average molecular weight is 1100 g/mol. The average Bonchev–Trinajstić information content (AvgIpc) is 3.30. The topological polar surface area (TPSA) is 389 Å². The Morgan fingerprint density at radius 1 is 0.467 bits per heavy atom. The molecule has 0 spiro atoms. The zero-order valence-electron chi connectivity index (χ0n) is 39.9. The number of carbonyl (C=O) groups excluding carboxylic acids is 4. The number of rotatable bonds is 12. The number of nitrogens with one attached hydrogen (secondary N) is 4. The van der Waals surface area contributed by atoms with Crippen molar-refractivity contribution in [2.75, 3.05) is 21.7 Å². The van der Waals surface area contributed by atoms with Crippen LogP contribution >= 0.6 is 0 Å². The van der Waals surface area contributed by atoms with Crippen molar-refractivity contribution < 1.29 is 147 Å². The first-order chi connectivity index (χ1) is 33.8. The minimum Gasteiger partial charge on any atom is -0.744 e. The van der Waals surface area contributed by atoms with Gasteiger partial charge < -0.3 is 25.1 Å². The number of nitrogens with zero attached hydrogens (tertiary/aromatic N) is 4. The fraction of sp³-hybridized carbons (Fsp3) is 0.0435.